The summed E-state index contributed by atoms with van der Waals surface area (Å²) in [6.45, 7) is 1.38. The van der Waals surface area contributed by atoms with Gasteiger partial charge < -0.3 is 34.4 Å². The molecule has 1 fully saturated rings. The maximum atomic E-state index is 13.3. The van der Waals surface area contributed by atoms with Crippen molar-refractivity contribution in [2.24, 2.45) is 5.92 Å². The molecule has 32 heavy (non-hydrogen) atoms. The predicted molar refractivity (Wildman–Crippen MR) is 116 cm³/mol. The molecule has 0 spiro atoms. The van der Waals surface area contributed by atoms with Crippen molar-refractivity contribution in [1.82, 2.24) is 14.5 Å². The number of ether oxygens (including phenoxy) is 2. The van der Waals surface area contributed by atoms with E-state index in [4.69, 9.17) is 14.7 Å². The van der Waals surface area contributed by atoms with Crippen molar-refractivity contribution in [3.63, 3.8) is 0 Å². The number of amides is 1. The number of nitrogens with one attached hydrogen (secondary N) is 1. The van der Waals surface area contributed by atoms with Crippen LogP contribution in [-0.4, -0.2) is 52.9 Å². The summed E-state index contributed by atoms with van der Waals surface area (Å²) in [7, 11) is 3.13. The van der Waals surface area contributed by atoms with Crippen LogP contribution >= 0.6 is 0 Å². The lowest BCUT2D eigenvalue weighted by Gasteiger charge is -2.43. The maximum Gasteiger partial charge on any atom is 0.275 e. The highest BCUT2D eigenvalue weighted by Crippen LogP contribution is 2.37. The lowest BCUT2D eigenvalue weighted by atomic mass is 9.83. The molecular weight excluding hydrogens is 416 g/mol. The van der Waals surface area contributed by atoms with Gasteiger partial charge in [0.25, 0.3) is 11.5 Å². The Morgan fingerprint density at radius 1 is 1.16 bits per heavy atom. The fraction of sp³-hybridized carbons (Fsp3) is 0.364. The number of aromatic nitrogens is 2. The quantitative estimate of drug-likeness (QED) is 0.598. The van der Waals surface area contributed by atoms with E-state index in [2.05, 4.69) is 4.98 Å². The molecule has 168 valence electrons. The van der Waals surface area contributed by atoms with Gasteiger partial charge in [-0.15, -0.1) is 0 Å². The molecule has 2 atom stereocenters. The van der Waals surface area contributed by atoms with Gasteiger partial charge in [-0.05, 0) is 36.6 Å². The Labute approximate surface area is 183 Å². The first-order valence-electron chi connectivity index (χ1n) is 10.3. The smallest absolute Gasteiger partial charge is 0.275 e. The van der Waals surface area contributed by atoms with Gasteiger partial charge in [-0.2, -0.15) is 0 Å². The van der Waals surface area contributed by atoms with Crippen LogP contribution in [0.3, 0.4) is 0 Å². The van der Waals surface area contributed by atoms with E-state index in [9.17, 15) is 14.8 Å². The first-order chi connectivity index (χ1) is 15.4. The lowest BCUT2D eigenvalue weighted by molar-refractivity contribution is 0.0589. The SMILES string of the molecule is COc1cc2cc(C(=O)N3CC4CC(C3)c3ccc(N([O-])O)c(=O)n3C4)[nH]c2cc1OC. The minimum atomic E-state index is -0.506. The average molecular weight is 439 g/mol. The molecule has 5 rings (SSSR count). The molecule has 2 aromatic heterocycles. The Morgan fingerprint density at radius 2 is 1.91 bits per heavy atom. The number of likely N-dealkylation sites (tertiary alicyclic amines) is 1. The van der Waals surface area contributed by atoms with Crippen LogP contribution in [-0.2, 0) is 6.54 Å². The number of fused-ring (bicyclic) bond motifs is 5. The van der Waals surface area contributed by atoms with Crippen LogP contribution < -0.4 is 20.3 Å². The van der Waals surface area contributed by atoms with Gasteiger partial charge in [-0.3, -0.25) is 14.8 Å². The van der Waals surface area contributed by atoms with Crippen LogP contribution in [0, 0.1) is 11.1 Å². The number of hydrogen-bond donors (Lipinski definition) is 2. The molecule has 3 aromatic rings. The number of rotatable bonds is 4. The molecule has 1 saturated heterocycles. The second-order valence-electron chi connectivity index (χ2n) is 8.32. The third kappa shape index (κ3) is 3.19. The first-order valence-corrected chi connectivity index (χ1v) is 10.3. The van der Waals surface area contributed by atoms with Crippen molar-refractivity contribution >= 4 is 22.5 Å². The number of H-pyrrole nitrogens is 1. The maximum absolute atomic E-state index is 13.3. The molecule has 2 N–H and O–H groups in total. The molecule has 0 aliphatic carbocycles. The third-order valence-electron chi connectivity index (χ3n) is 6.43. The highest BCUT2D eigenvalue weighted by atomic mass is 16.8. The number of methoxy groups -OCH3 is 2. The molecule has 2 unspecified atom stereocenters. The summed E-state index contributed by atoms with van der Waals surface area (Å²) in [6, 6.07) is 8.46. The van der Waals surface area contributed by atoms with Crippen molar-refractivity contribution in [3.8, 4) is 11.5 Å². The van der Waals surface area contributed by atoms with Crippen molar-refractivity contribution in [1.29, 1.82) is 0 Å². The van der Waals surface area contributed by atoms with E-state index in [1.54, 1.807) is 37.0 Å². The standard InChI is InChI=1S/C22H23N4O6/c1-31-19-7-13-6-16(23-15(13)8-20(19)32-2)21(27)24-9-12-5-14(11-24)17-3-4-18(26(29)30)22(28)25(17)10-12/h3-4,6-8,12,14,23,29H,5,9-11H2,1-2H3/q-1. The summed E-state index contributed by atoms with van der Waals surface area (Å²) in [4.78, 5) is 30.9. The van der Waals surface area contributed by atoms with Gasteiger partial charge in [0.15, 0.2) is 11.5 Å². The molecule has 2 bridgehead atoms. The molecule has 1 aromatic carbocycles. The Kier molecular flexibility index (Phi) is 4.83. The Bertz CT molecular complexity index is 1220. The van der Waals surface area contributed by atoms with E-state index < -0.39 is 10.8 Å². The van der Waals surface area contributed by atoms with Crippen LogP contribution in [0.5, 0.6) is 11.5 Å². The Balaban J connectivity index is 1.44. The number of pyridine rings is 1. The summed E-state index contributed by atoms with van der Waals surface area (Å²) in [5.74, 6) is 1.13. The van der Waals surface area contributed by atoms with E-state index in [-0.39, 0.29) is 23.4 Å². The average Bonchev–Trinajstić information content (AvgIpc) is 3.20. The molecular formula is C22H23N4O6-. The zero-order valence-electron chi connectivity index (χ0n) is 17.7. The van der Waals surface area contributed by atoms with Crippen LogP contribution in [0.2, 0.25) is 0 Å². The van der Waals surface area contributed by atoms with Gasteiger partial charge in [0.1, 0.15) is 11.4 Å². The third-order valence-corrected chi connectivity index (χ3v) is 6.43. The van der Waals surface area contributed by atoms with E-state index in [0.29, 0.717) is 36.8 Å². The summed E-state index contributed by atoms with van der Waals surface area (Å²) in [6.07, 6.45) is 0.865. The topological polar surface area (TPSA) is 123 Å². The monoisotopic (exact) mass is 439 g/mol. The van der Waals surface area contributed by atoms with Gasteiger partial charge in [0, 0.05) is 48.2 Å². The number of piperidine rings is 1. The molecule has 4 heterocycles. The zero-order chi connectivity index (χ0) is 22.6. The number of nitrogens with zero attached hydrogens (tertiary/aromatic N) is 3. The molecule has 2 aliphatic rings. The van der Waals surface area contributed by atoms with Crippen molar-refractivity contribution in [2.45, 2.75) is 18.9 Å². The molecule has 1 amide bonds. The minimum Gasteiger partial charge on any atom is -0.733 e. The van der Waals surface area contributed by atoms with Crippen LogP contribution in [0.4, 0.5) is 5.69 Å². The Morgan fingerprint density at radius 3 is 2.62 bits per heavy atom. The number of carbonyl (C=O) groups excluding carboxylic acids is 1. The zero-order valence-corrected chi connectivity index (χ0v) is 17.7. The highest BCUT2D eigenvalue weighted by molar-refractivity contribution is 5.98. The normalized spacial score (nSPS) is 19.6. The van der Waals surface area contributed by atoms with E-state index in [0.717, 1.165) is 23.0 Å². The van der Waals surface area contributed by atoms with Crippen molar-refractivity contribution < 1.29 is 19.5 Å². The summed E-state index contributed by atoms with van der Waals surface area (Å²) < 4.78 is 12.2. The predicted octanol–water partition coefficient (Wildman–Crippen LogP) is 2.30. The van der Waals surface area contributed by atoms with E-state index in [1.807, 2.05) is 11.0 Å². The number of aromatic amines is 1. The van der Waals surface area contributed by atoms with Gasteiger partial charge in [-0.1, -0.05) is 0 Å². The summed E-state index contributed by atoms with van der Waals surface area (Å²) in [5, 5.41) is 20.9. The van der Waals surface area contributed by atoms with Crippen LogP contribution in [0.1, 0.15) is 28.5 Å². The van der Waals surface area contributed by atoms with Crippen LogP contribution in [0.25, 0.3) is 10.9 Å². The molecule has 2 aliphatic heterocycles. The molecule has 10 heteroatoms. The fourth-order valence-electron chi connectivity index (χ4n) is 4.99. The van der Waals surface area contributed by atoms with Gasteiger partial charge >= 0.3 is 0 Å². The Hall–Kier alpha value is -3.50. The van der Waals surface area contributed by atoms with E-state index in [1.165, 1.54) is 6.07 Å². The van der Waals surface area contributed by atoms with E-state index >= 15 is 0 Å². The second-order valence-corrected chi connectivity index (χ2v) is 8.32. The van der Waals surface area contributed by atoms with Gasteiger partial charge in [0.2, 0.25) is 0 Å². The number of carbonyl (C=O) groups is 1. The first kappa shape index (κ1) is 20.4. The number of hydrogen-bond acceptors (Lipinski definition) is 7. The minimum absolute atomic E-state index is 0.0171. The van der Waals surface area contributed by atoms with Crippen molar-refractivity contribution in [3.05, 3.63) is 57.3 Å². The number of anilines is 1. The largest absolute Gasteiger partial charge is 0.733 e. The lowest BCUT2D eigenvalue weighted by Crippen LogP contribution is -2.49. The molecule has 0 saturated carbocycles. The second kappa shape index (κ2) is 7.57. The highest BCUT2D eigenvalue weighted by Gasteiger charge is 2.37. The fourth-order valence-corrected chi connectivity index (χ4v) is 4.99. The van der Waals surface area contributed by atoms with Crippen LogP contribution in [0.15, 0.2) is 35.1 Å². The summed E-state index contributed by atoms with van der Waals surface area (Å²) >= 11 is 0. The number of benzene rings is 1. The van der Waals surface area contributed by atoms with Crippen molar-refractivity contribution in [2.75, 3.05) is 32.5 Å². The molecule has 0 radical (unpaired) electrons. The molecule has 10 nitrogen and oxygen atoms in total. The summed E-state index contributed by atoms with van der Waals surface area (Å²) in [5.41, 5.74) is 1.23. The van der Waals surface area contributed by atoms with Gasteiger partial charge in [0.05, 0.1) is 14.2 Å². The van der Waals surface area contributed by atoms with Gasteiger partial charge in [-0.25, -0.2) is 0 Å².